The molecule has 0 amide bonds. The first-order chi connectivity index (χ1) is 9.88. The standard InChI is InChI=1S/C14H16N4O3/c1-8(2)10-4-9(3)5-11(6-10)21-14-12(18(19)20)13(15)16-7-17-14/h4-8H,1-3H3,(H2,15,16,17). The van der Waals surface area contributed by atoms with Gasteiger partial charge in [-0.1, -0.05) is 19.9 Å². The predicted molar refractivity (Wildman–Crippen MR) is 78.4 cm³/mol. The zero-order chi connectivity index (χ0) is 15.6. The Morgan fingerprint density at radius 3 is 2.62 bits per heavy atom. The Labute approximate surface area is 121 Å². The first-order valence-corrected chi connectivity index (χ1v) is 6.42. The van der Waals surface area contributed by atoms with Crippen LogP contribution < -0.4 is 10.5 Å². The minimum absolute atomic E-state index is 0.159. The van der Waals surface area contributed by atoms with Crippen molar-refractivity contribution >= 4 is 11.5 Å². The molecule has 2 aromatic rings. The van der Waals surface area contributed by atoms with E-state index < -0.39 is 10.6 Å². The zero-order valence-electron chi connectivity index (χ0n) is 12.0. The number of hydrogen-bond acceptors (Lipinski definition) is 6. The largest absolute Gasteiger partial charge is 0.434 e. The molecule has 0 radical (unpaired) electrons. The minimum Gasteiger partial charge on any atom is -0.434 e. The van der Waals surface area contributed by atoms with Crippen LogP contribution in [0.15, 0.2) is 24.5 Å². The second kappa shape index (κ2) is 5.74. The maximum Gasteiger partial charge on any atom is 0.372 e. The van der Waals surface area contributed by atoms with Gasteiger partial charge in [0.1, 0.15) is 12.1 Å². The summed E-state index contributed by atoms with van der Waals surface area (Å²) in [5.74, 6) is 0.423. The Hall–Kier alpha value is -2.70. The molecule has 1 aromatic carbocycles. The molecular weight excluding hydrogens is 272 g/mol. The number of anilines is 1. The Morgan fingerprint density at radius 2 is 2.00 bits per heavy atom. The summed E-state index contributed by atoms with van der Waals surface area (Å²) in [6.45, 7) is 6.05. The number of nitrogens with two attached hydrogens (primary N) is 1. The monoisotopic (exact) mass is 288 g/mol. The maximum absolute atomic E-state index is 11.0. The SMILES string of the molecule is Cc1cc(Oc2ncnc(N)c2[N+](=O)[O-])cc(C(C)C)c1. The molecule has 0 fully saturated rings. The first-order valence-electron chi connectivity index (χ1n) is 6.42. The highest BCUT2D eigenvalue weighted by Gasteiger charge is 2.23. The molecular formula is C14H16N4O3. The molecule has 7 nitrogen and oxygen atoms in total. The fourth-order valence-electron chi connectivity index (χ4n) is 1.90. The zero-order valence-corrected chi connectivity index (χ0v) is 12.0. The Bertz CT molecular complexity index is 686. The van der Waals surface area contributed by atoms with Gasteiger partial charge in [0.25, 0.3) is 0 Å². The average Bonchev–Trinajstić information content (AvgIpc) is 2.37. The number of nitrogen functional groups attached to an aromatic ring is 1. The number of benzene rings is 1. The molecule has 1 aromatic heterocycles. The molecule has 7 heteroatoms. The lowest BCUT2D eigenvalue weighted by Gasteiger charge is -2.11. The second-order valence-electron chi connectivity index (χ2n) is 5.01. The van der Waals surface area contributed by atoms with Gasteiger partial charge in [-0.3, -0.25) is 10.1 Å². The molecule has 2 N–H and O–H groups in total. The van der Waals surface area contributed by atoms with E-state index in [1.54, 1.807) is 6.07 Å². The Kier molecular flexibility index (Phi) is 4.02. The number of nitrogens with zero attached hydrogens (tertiary/aromatic N) is 3. The van der Waals surface area contributed by atoms with E-state index >= 15 is 0 Å². The molecule has 0 saturated carbocycles. The van der Waals surface area contributed by atoms with Crippen molar-refractivity contribution in [2.45, 2.75) is 26.7 Å². The van der Waals surface area contributed by atoms with Gasteiger partial charge in [-0.2, -0.15) is 4.98 Å². The molecule has 110 valence electrons. The number of aryl methyl sites for hydroxylation is 1. The van der Waals surface area contributed by atoms with E-state index in [9.17, 15) is 10.1 Å². The first kappa shape index (κ1) is 14.7. The number of aromatic nitrogens is 2. The van der Waals surface area contributed by atoms with Gasteiger partial charge in [-0.05, 0) is 36.1 Å². The van der Waals surface area contributed by atoms with Crippen LogP contribution in [0.2, 0.25) is 0 Å². The van der Waals surface area contributed by atoms with Crippen molar-refractivity contribution in [1.82, 2.24) is 9.97 Å². The lowest BCUT2D eigenvalue weighted by atomic mass is 10.0. The van der Waals surface area contributed by atoms with E-state index in [0.717, 1.165) is 17.5 Å². The molecule has 0 spiro atoms. The third-order valence-electron chi connectivity index (χ3n) is 2.95. The van der Waals surface area contributed by atoms with Gasteiger partial charge < -0.3 is 10.5 Å². The van der Waals surface area contributed by atoms with Crippen LogP contribution in [-0.4, -0.2) is 14.9 Å². The number of nitro groups is 1. The summed E-state index contributed by atoms with van der Waals surface area (Å²) in [6, 6.07) is 5.66. The van der Waals surface area contributed by atoms with Crippen molar-refractivity contribution in [3.05, 3.63) is 45.8 Å². The van der Waals surface area contributed by atoms with Crippen molar-refractivity contribution in [2.24, 2.45) is 0 Å². The van der Waals surface area contributed by atoms with Gasteiger partial charge in [0.2, 0.25) is 5.82 Å². The fourth-order valence-corrected chi connectivity index (χ4v) is 1.90. The summed E-state index contributed by atoms with van der Waals surface area (Å²) < 4.78 is 5.55. The maximum atomic E-state index is 11.0. The van der Waals surface area contributed by atoms with Crippen molar-refractivity contribution in [3.8, 4) is 11.6 Å². The average molecular weight is 288 g/mol. The van der Waals surface area contributed by atoms with Crippen molar-refractivity contribution in [1.29, 1.82) is 0 Å². The van der Waals surface area contributed by atoms with Crippen LogP contribution in [0.5, 0.6) is 11.6 Å². The summed E-state index contributed by atoms with van der Waals surface area (Å²) in [5.41, 5.74) is 7.16. The van der Waals surface area contributed by atoms with E-state index in [-0.39, 0.29) is 11.7 Å². The van der Waals surface area contributed by atoms with Gasteiger partial charge in [0.05, 0.1) is 4.92 Å². The quantitative estimate of drug-likeness (QED) is 0.684. The highest BCUT2D eigenvalue weighted by molar-refractivity contribution is 5.59. The van der Waals surface area contributed by atoms with Crippen LogP contribution in [0.25, 0.3) is 0 Å². The third-order valence-corrected chi connectivity index (χ3v) is 2.95. The topological polar surface area (TPSA) is 104 Å². The van der Waals surface area contributed by atoms with Gasteiger partial charge in [0, 0.05) is 0 Å². The van der Waals surface area contributed by atoms with E-state index in [2.05, 4.69) is 23.8 Å². The summed E-state index contributed by atoms with van der Waals surface area (Å²) in [6.07, 6.45) is 1.14. The van der Waals surface area contributed by atoms with Gasteiger partial charge >= 0.3 is 11.6 Å². The molecule has 21 heavy (non-hydrogen) atoms. The number of ether oxygens (including phenoxy) is 1. The van der Waals surface area contributed by atoms with Crippen molar-refractivity contribution in [3.63, 3.8) is 0 Å². The second-order valence-corrected chi connectivity index (χ2v) is 5.01. The van der Waals surface area contributed by atoms with Crippen LogP contribution in [0.4, 0.5) is 11.5 Å². The molecule has 0 bridgehead atoms. The van der Waals surface area contributed by atoms with Crippen LogP contribution in [0.3, 0.4) is 0 Å². The Morgan fingerprint density at radius 1 is 1.29 bits per heavy atom. The third kappa shape index (κ3) is 3.25. The molecule has 0 aliphatic carbocycles. The molecule has 0 aliphatic heterocycles. The minimum atomic E-state index is -0.649. The van der Waals surface area contributed by atoms with Crippen LogP contribution in [-0.2, 0) is 0 Å². The summed E-state index contributed by atoms with van der Waals surface area (Å²) in [5, 5.41) is 11.0. The van der Waals surface area contributed by atoms with E-state index in [1.165, 1.54) is 0 Å². The lowest BCUT2D eigenvalue weighted by molar-refractivity contribution is -0.385. The number of rotatable bonds is 4. The summed E-state index contributed by atoms with van der Waals surface area (Å²) in [7, 11) is 0. The molecule has 2 rings (SSSR count). The molecule has 0 atom stereocenters. The van der Waals surface area contributed by atoms with Crippen LogP contribution >= 0.6 is 0 Å². The predicted octanol–water partition coefficient (Wildman–Crippen LogP) is 3.19. The smallest absolute Gasteiger partial charge is 0.372 e. The van der Waals surface area contributed by atoms with Crippen LogP contribution in [0, 0.1) is 17.0 Å². The molecule has 0 saturated heterocycles. The van der Waals surface area contributed by atoms with Gasteiger partial charge in [-0.25, -0.2) is 4.98 Å². The van der Waals surface area contributed by atoms with Crippen LogP contribution in [0.1, 0.15) is 30.9 Å². The van der Waals surface area contributed by atoms with E-state index in [1.807, 2.05) is 19.1 Å². The molecule has 0 aliphatic rings. The number of hydrogen-bond donors (Lipinski definition) is 1. The Balaban J connectivity index is 2.43. The van der Waals surface area contributed by atoms with Crippen molar-refractivity contribution in [2.75, 3.05) is 5.73 Å². The highest BCUT2D eigenvalue weighted by Crippen LogP contribution is 2.33. The van der Waals surface area contributed by atoms with E-state index in [4.69, 9.17) is 10.5 Å². The van der Waals surface area contributed by atoms with Gasteiger partial charge in [0.15, 0.2) is 0 Å². The summed E-state index contributed by atoms with van der Waals surface area (Å²) >= 11 is 0. The molecule has 1 heterocycles. The lowest BCUT2D eigenvalue weighted by Crippen LogP contribution is -2.03. The van der Waals surface area contributed by atoms with Gasteiger partial charge in [-0.15, -0.1) is 0 Å². The normalized spacial score (nSPS) is 10.7. The summed E-state index contributed by atoms with van der Waals surface area (Å²) in [4.78, 5) is 17.8. The highest BCUT2D eigenvalue weighted by atomic mass is 16.6. The fraction of sp³-hybridized carbons (Fsp3) is 0.286. The molecule has 0 unspecified atom stereocenters. The van der Waals surface area contributed by atoms with Crippen molar-refractivity contribution < 1.29 is 9.66 Å². The van der Waals surface area contributed by atoms with E-state index in [0.29, 0.717) is 11.7 Å².